The first-order valence-corrected chi connectivity index (χ1v) is 14.4. The standard InChI is InChI=1S/C33H33N7O2/c1-3-32(41)38-14-15-39-28(21-38)22-42-31-17-24(6-9-30(31)39)29-16-25(20-40-33(29)26(18-34)19-35-40)23-4-7-27(8-5-23)37-12-10-36(2)11-13-37/h3-9,16-17,19-20,28H,1,10-15,21-22H2,2H3/t28-/m0/s1. The van der Waals surface area contributed by atoms with Crippen molar-refractivity contribution in [1.82, 2.24) is 19.4 Å². The zero-order chi connectivity index (χ0) is 28.8. The Morgan fingerprint density at radius 3 is 2.57 bits per heavy atom. The number of hydrogen-bond donors (Lipinski definition) is 0. The third-order valence-electron chi connectivity index (χ3n) is 8.78. The number of likely N-dealkylation sites (N-methyl/N-ethyl adjacent to an activating group) is 1. The smallest absolute Gasteiger partial charge is 0.246 e. The second-order valence-corrected chi connectivity index (χ2v) is 11.3. The third-order valence-corrected chi connectivity index (χ3v) is 8.78. The lowest BCUT2D eigenvalue weighted by atomic mass is 9.97. The van der Waals surface area contributed by atoms with E-state index in [1.807, 2.05) is 15.6 Å². The van der Waals surface area contributed by atoms with Crippen LogP contribution < -0.4 is 14.5 Å². The zero-order valence-corrected chi connectivity index (χ0v) is 23.7. The Bertz CT molecular complexity index is 1710. The summed E-state index contributed by atoms with van der Waals surface area (Å²) in [5.41, 5.74) is 7.58. The van der Waals surface area contributed by atoms with Crippen molar-refractivity contribution in [3.63, 3.8) is 0 Å². The molecule has 0 unspecified atom stereocenters. The molecule has 0 aliphatic carbocycles. The van der Waals surface area contributed by atoms with Crippen molar-refractivity contribution in [3.05, 3.63) is 79.1 Å². The molecule has 3 aliphatic heterocycles. The van der Waals surface area contributed by atoms with Gasteiger partial charge >= 0.3 is 0 Å². The summed E-state index contributed by atoms with van der Waals surface area (Å²) >= 11 is 0. The van der Waals surface area contributed by atoms with Crippen molar-refractivity contribution in [3.8, 4) is 34.1 Å². The molecule has 42 heavy (non-hydrogen) atoms. The summed E-state index contributed by atoms with van der Waals surface area (Å²) in [5.74, 6) is 0.771. The number of benzene rings is 2. The molecule has 0 bridgehead atoms. The van der Waals surface area contributed by atoms with E-state index in [9.17, 15) is 10.1 Å². The minimum Gasteiger partial charge on any atom is -0.489 e. The monoisotopic (exact) mass is 559 g/mol. The predicted octanol–water partition coefficient (Wildman–Crippen LogP) is 3.89. The number of piperazine rings is 2. The summed E-state index contributed by atoms with van der Waals surface area (Å²) in [7, 11) is 2.17. The number of anilines is 2. The normalized spacial score (nSPS) is 18.7. The number of nitrogens with zero attached hydrogens (tertiary/aromatic N) is 7. The highest BCUT2D eigenvalue weighted by Crippen LogP contribution is 2.40. The number of carbonyl (C=O) groups is 1. The van der Waals surface area contributed by atoms with Crippen molar-refractivity contribution in [1.29, 1.82) is 5.26 Å². The molecule has 1 amide bonds. The fourth-order valence-electron chi connectivity index (χ4n) is 6.38. The number of nitriles is 1. The fraction of sp³-hybridized carbons (Fsp3) is 0.303. The highest BCUT2D eigenvalue weighted by Gasteiger charge is 2.34. The Balaban J connectivity index is 1.23. The van der Waals surface area contributed by atoms with E-state index in [0.29, 0.717) is 25.3 Å². The predicted molar refractivity (Wildman–Crippen MR) is 164 cm³/mol. The van der Waals surface area contributed by atoms with Crippen molar-refractivity contribution in [2.75, 3.05) is 69.3 Å². The van der Waals surface area contributed by atoms with E-state index in [1.165, 1.54) is 11.8 Å². The number of pyridine rings is 1. The molecule has 0 N–H and O–H groups in total. The van der Waals surface area contributed by atoms with Gasteiger partial charge < -0.3 is 24.3 Å². The molecule has 0 spiro atoms. The Labute approximate surface area is 245 Å². The molecule has 3 aliphatic rings. The lowest BCUT2D eigenvalue weighted by Crippen LogP contribution is -2.58. The van der Waals surface area contributed by atoms with Crippen LogP contribution >= 0.6 is 0 Å². The molecule has 2 saturated heterocycles. The van der Waals surface area contributed by atoms with Gasteiger partial charge in [-0.05, 0) is 54.6 Å². The number of rotatable bonds is 4. The van der Waals surface area contributed by atoms with Crippen LogP contribution in [-0.2, 0) is 4.79 Å². The summed E-state index contributed by atoms with van der Waals surface area (Å²) in [4.78, 5) is 21.1. The van der Waals surface area contributed by atoms with Crippen LogP contribution in [0.2, 0.25) is 0 Å². The first-order valence-electron chi connectivity index (χ1n) is 14.4. The first-order chi connectivity index (χ1) is 20.5. The van der Waals surface area contributed by atoms with Crippen LogP contribution in [-0.4, -0.2) is 90.8 Å². The second-order valence-electron chi connectivity index (χ2n) is 11.3. The van der Waals surface area contributed by atoms with Crippen molar-refractivity contribution in [2.45, 2.75) is 6.04 Å². The molecule has 9 heteroatoms. The molecule has 9 nitrogen and oxygen atoms in total. The average molecular weight is 560 g/mol. The van der Waals surface area contributed by atoms with Gasteiger partial charge in [0.2, 0.25) is 5.91 Å². The third kappa shape index (κ3) is 4.54. The van der Waals surface area contributed by atoms with Gasteiger partial charge in [0, 0.05) is 68.8 Å². The van der Waals surface area contributed by atoms with Crippen LogP contribution in [0, 0.1) is 11.3 Å². The van der Waals surface area contributed by atoms with E-state index in [0.717, 1.165) is 71.9 Å². The van der Waals surface area contributed by atoms with Crippen molar-refractivity contribution >= 4 is 22.8 Å². The molecule has 212 valence electrons. The maximum atomic E-state index is 12.2. The van der Waals surface area contributed by atoms with Crippen LogP contribution in [0.5, 0.6) is 5.75 Å². The lowest BCUT2D eigenvalue weighted by Gasteiger charge is -2.45. The molecule has 0 saturated carbocycles. The van der Waals surface area contributed by atoms with E-state index < -0.39 is 0 Å². The maximum absolute atomic E-state index is 12.2. The summed E-state index contributed by atoms with van der Waals surface area (Å²) in [5, 5.41) is 14.4. The van der Waals surface area contributed by atoms with Gasteiger partial charge in [0.05, 0.1) is 29.0 Å². The highest BCUT2D eigenvalue weighted by atomic mass is 16.5. The molecule has 1 atom stereocenters. The number of hydrogen-bond acceptors (Lipinski definition) is 7. The van der Waals surface area contributed by atoms with Crippen LogP contribution in [0.1, 0.15) is 5.56 Å². The Morgan fingerprint density at radius 1 is 1.02 bits per heavy atom. The molecule has 5 heterocycles. The Morgan fingerprint density at radius 2 is 1.81 bits per heavy atom. The minimum atomic E-state index is -0.0391. The fourth-order valence-corrected chi connectivity index (χ4v) is 6.38. The molecule has 0 radical (unpaired) electrons. The highest BCUT2D eigenvalue weighted by molar-refractivity contribution is 5.89. The van der Waals surface area contributed by atoms with Gasteiger partial charge in [-0.15, -0.1) is 0 Å². The molecular weight excluding hydrogens is 526 g/mol. The number of amides is 1. The van der Waals surface area contributed by atoms with Crippen LogP contribution in [0.4, 0.5) is 11.4 Å². The topological polar surface area (TPSA) is 80.4 Å². The number of fused-ring (bicyclic) bond motifs is 4. The average Bonchev–Trinajstić information content (AvgIpc) is 3.47. The van der Waals surface area contributed by atoms with E-state index in [2.05, 4.69) is 88.0 Å². The quantitative estimate of drug-likeness (QED) is 0.351. The van der Waals surface area contributed by atoms with Gasteiger partial charge in [-0.25, -0.2) is 4.52 Å². The van der Waals surface area contributed by atoms with Crippen molar-refractivity contribution in [2.24, 2.45) is 0 Å². The molecular formula is C33H33N7O2. The molecule has 2 aromatic carbocycles. The van der Waals surface area contributed by atoms with Gasteiger partial charge in [0.15, 0.2) is 0 Å². The Kier molecular flexibility index (Phi) is 6.56. The minimum absolute atomic E-state index is 0.0391. The van der Waals surface area contributed by atoms with Crippen LogP contribution in [0.15, 0.2) is 73.6 Å². The molecule has 2 aromatic heterocycles. The molecule has 7 rings (SSSR count). The largest absolute Gasteiger partial charge is 0.489 e. The summed E-state index contributed by atoms with van der Waals surface area (Å²) in [6.07, 6.45) is 5.00. The van der Waals surface area contributed by atoms with Gasteiger partial charge in [-0.3, -0.25) is 4.79 Å². The van der Waals surface area contributed by atoms with E-state index in [4.69, 9.17) is 4.74 Å². The van der Waals surface area contributed by atoms with Gasteiger partial charge in [0.25, 0.3) is 0 Å². The number of ether oxygens (including phenoxy) is 1. The van der Waals surface area contributed by atoms with Crippen molar-refractivity contribution < 1.29 is 9.53 Å². The summed E-state index contributed by atoms with van der Waals surface area (Å²) in [6.45, 7) is 10.3. The van der Waals surface area contributed by atoms with Gasteiger partial charge in [-0.2, -0.15) is 10.4 Å². The lowest BCUT2D eigenvalue weighted by molar-refractivity contribution is -0.127. The van der Waals surface area contributed by atoms with E-state index in [1.54, 1.807) is 6.20 Å². The Hall–Kier alpha value is -4.81. The number of aromatic nitrogens is 2. The molecule has 4 aromatic rings. The second kappa shape index (κ2) is 10.5. The van der Waals surface area contributed by atoms with Gasteiger partial charge in [0.1, 0.15) is 18.4 Å². The van der Waals surface area contributed by atoms with Crippen LogP contribution in [0.25, 0.3) is 27.8 Å². The first kappa shape index (κ1) is 26.1. The summed E-state index contributed by atoms with van der Waals surface area (Å²) < 4.78 is 8.07. The number of carbonyl (C=O) groups excluding carboxylic acids is 1. The zero-order valence-electron chi connectivity index (χ0n) is 23.7. The molecule has 2 fully saturated rings. The summed E-state index contributed by atoms with van der Waals surface area (Å²) in [6, 6.07) is 19.5. The SMILES string of the molecule is C=CC(=O)N1CCN2c3ccc(-c4cc(-c5ccc(N6CCN(C)CC6)cc5)cn5ncc(C#N)c45)cc3OC[C@@H]2C1. The van der Waals surface area contributed by atoms with Crippen LogP contribution in [0.3, 0.4) is 0 Å². The van der Waals surface area contributed by atoms with E-state index in [-0.39, 0.29) is 11.9 Å². The maximum Gasteiger partial charge on any atom is 0.246 e. The van der Waals surface area contributed by atoms with Gasteiger partial charge in [-0.1, -0.05) is 24.8 Å². The van der Waals surface area contributed by atoms with E-state index >= 15 is 0 Å².